The zero-order valence-corrected chi connectivity index (χ0v) is 13.2. The number of nitrogens with zero attached hydrogens (tertiary/aromatic N) is 4. The van der Waals surface area contributed by atoms with Gasteiger partial charge < -0.3 is 10.3 Å². The molecule has 24 heavy (non-hydrogen) atoms. The zero-order valence-electron chi connectivity index (χ0n) is 12.4. The summed E-state index contributed by atoms with van der Waals surface area (Å²) in [6.07, 6.45) is 1.35. The van der Waals surface area contributed by atoms with E-state index in [1.807, 2.05) is 0 Å². The van der Waals surface area contributed by atoms with Gasteiger partial charge in [-0.05, 0) is 31.2 Å². The summed E-state index contributed by atoms with van der Waals surface area (Å²) >= 11 is 5.95. The van der Waals surface area contributed by atoms with Crippen molar-refractivity contribution in [3.8, 4) is 6.07 Å². The molecule has 1 atom stereocenters. The number of hydrogen-bond donors (Lipinski definition) is 2. The third-order valence-corrected chi connectivity index (χ3v) is 3.69. The first kappa shape index (κ1) is 15.7. The summed E-state index contributed by atoms with van der Waals surface area (Å²) in [7, 11) is 0. The highest BCUT2D eigenvalue weighted by atomic mass is 35.5. The second kappa shape index (κ2) is 6.14. The van der Waals surface area contributed by atoms with E-state index < -0.39 is 11.0 Å². The van der Waals surface area contributed by atoms with E-state index in [2.05, 4.69) is 20.3 Å². The lowest BCUT2D eigenvalue weighted by molar-refractivity contribution is -0.384. The molecule has 0 spiro atoms. The molecular formula is C15H11ClN6O2. The molecule has 0 unspecified atom stereocenters. The van der Waals surface area contributed by atoms with Crippen LogP contribution in [0.1, 0.15) is 24.4 Å². The first-order valence-corrected chi connectivity index (χ1v) is 7.32. The Morgan fingerprint density at radius 1 is 1.46 bits per heavy atom. The van der Waals surface area contributed by atoms with Crippen LogP contribution < -0.4 is 5.32 Å². The van der Waals surface area contributed by atoms with Crippen molar-refractivity contribution in [2.45, 2.75) is 13.0 Å². The number of aromatic amines is 1. The molecule has 0 saturated carbocycles. The minimum atomic E-state index is -0.626. The minimum absolute atomic E-state index is 0.0186. The van der Waals surface area contributed by atoms with Gasteiger partial charge in [-0.3, -0.25) is 10.1 Å². The third kappa shape index (κ3) is 2.85. The van der Waals surface area contributed by atoms with Gasteiger partial charge in [0.15, 0.2) is 0 Å². The topological polar surface area (TPSA) is 121 Å². The minimum Gasteiger partial charge on any atom is -0.355 e. The second-order valence-corrected chi connectivity index (χ2v) is 5.51. The largest absolute Gasteiger partial charge is 0.355 e. The summed E-state index contributed by atoms with van der Waals surface area (Å²) in [4.78, 5) is 22.1. The summed E-state index contributed by atoms with van der Waals surface area (Å²) in [6.45, 7) is 1.78. The molecule has 3 rings (SSSR count). The van der Waals surface area contributed by atoms with Gasteiger partial charge in [0.05, 0.1) is 22.0 Å². The van der Waals surface area contributed by atoms with Crippen molar-refractivity contribution in [3.63, 3.8) is 0 Å². The van der Waals surface area contributed by atoms with Crippen LogP contribution in [-0.4, -0.2) is 19.9 Å². The van der Waals surface area contributed by atoms with Crippen LogP contribution in [0.4, 0.5) is 11.5 Å². The number of fused-ring (bicyclic) bond motifs is 1. The lowest BCUT2D eigenvalue weighted by Crippen LogP contribution is -2.11. The van der Waals surface area contributed by atoms with Crippen molar-refractivity contribution in [2.75, 3.05) is 5.32 Å². The summed E-state index contributed by atoms with van der Waals surface area (Å²) < 4.78 is 0. The maximum absolute atomic E-state index is 11.2. The van der Waals surface area contributed by atoms with Crippen LogP contribution in [0.5, 0.6) is 0 Å². The molecule has 2 N–H and O–H groups in total. The molecular weight excluding hydrogens is 332 g/mol. The van der Waals surface area contributed by atoms with Gasteiger partial charge in [-0.15, -0.1) is 0 Å². The van der Waals surface area contributed by atoms with Gasteiger partial charge in [0.2, 0.25) is 5.82 Å². The quantitative estimate of drug-likeness (QED) is 0.552. The summed E-state index contributed by atoms with van der Waals surface area (Å²) in [5, 5.41) is 23.8. The molecule has 0 saturated heterocycles. The second-order valence-electron chi connectivity index (χ2n) is 5.07. The van der Waals surface area contributed by atoms with Gasteiger partial charge in [-0.25, -0.2) is 9.97 Å². The van der Waals surface area contributed by atoms with E-state index in [1.165, 1.54) is 12.3 Å². The Balaban J connectivity index is 1.95. The lowest BCUT2D eigenvalue weighted by Gasteiger charge is -2.12. The van der Waals surface area contributed by atoms with Crippen molar-refractivity contribution in [1.29, 1.82) is 5.26 Å². The Kier molecular flexibility index (Phi) is 4.02. The number of benzene rings is 1. The Labute approximate surface area is 141 Å². The molecule has 2 heterocycles. The highest BCUT2D eigenvalue weighted by Crippen LogP contribution is 2.29. The van der Waals surface area contributed by atoms with Crippen LogP contribution >= 0.6 is 11.6 Å². The van der Waals surface area contributed by atoms with E-state index in [-0.39, 0.29) is 17.1 Å². The van der Waals surface area contributed by atoms with Crippen LogP contribution in [0.15, 0.2) is 30.5 Å². The number of pyridine rings is 1. The Bertz CT molecular complexity index is 978. The Morgan fingerprint density at radius 3 is 2.96 bits per heavy atom. The maximum Gasteiger partial charge on any atom is 0.328 e. The van der Waals surface area contributed by atoms with Gasteiger partial charge in [0, 0.05) is 11.2 Å². The van der Waals surface area contributed by atoms with Gasteiger partial charge in [-0.1, -0.05) is 11.6 Å². The monoisotopic (exact) mass is 342 g/mol. The summed E-state index contributed by atoms with van der Waals surface area (Å²) in [6, 6.07) is 7.97. The standard InChI is InChI=1S/C15H11ClN6O2/c1-8(14-20-11-3-2-10(16)6-12(11)21-14)19-15-13(22(23)24)9(7-17)4-5-18-15/h2-6,8H,1H3,(H,18,19)(H,20,21)/t8-/m1/s1. The fraction of sp³-hybridized carbons (Fsp3) is 0.133. The predicted molar refractivity (Wildman–Crippen MR) is 88.7 cm³/mol. The van der Waals surface area contributed by atoms with Gasteiger partial charge >= 0.3 is 5.69 Å². The molecule has 0 aliphatic carbocycles. The van der Waals surface area contributed by atoms with Gasteiger partial charge in [-0.2, -0.15) is 5.26 Å². The smallest absolute Gasteiger partial charge is 0.328 e. The number of nitriles is 1. The van der Waals surface area contributed by atoms with Crippen LogP contribution in [0.3, 0.4) is 0 Å². The fourth-order valence-electron chi connectivity index (χ4n) is 2.31. The number of imidazole rings is 1. The molecule has 9 heteroatoms. The van der Waals surface area contributed by atoms with Crippen LogP contribution in [0.25, 0.3) is 11.0 Å². The highest BCUT2D eigenvalue weighted by Gasteiger charge is 2.23. The SMILES string of the molecule is C[C@@H](Nc1nccc(C#N)c1[N+](=O)[O-])c1nc2ccc(Cl)cc2[nH]1. The van der Waals surface area contributed by atoms with Gasteiger partial charge in [0.1, 0.15) is 17.5 Å². The van der Waals surface area contributed by atoms with E-state index in [1.54, 1.807) is 31.2 Å². The number of aromatic nitrogens is 3. The van der Waals surface area contributed by atoms with E-state index in [9.17, 15) is 10.1 Å². The fourth-order valence-corrected chi connectivity index (χ4v) is 2.49. The Morgan fingerprint density at radius 2 is 2.25 bits per heavy atom. The third-order valence-electron chi connectivity index (χ3n) is 3.45. The highest BCUT2D eigenvalue weighted by molar-refractivity contribution is 6.31. The molecule has 0 bridgehead atoms. The first-order valence-electron chi connectivity index (χ1n) is 6.95. The molecule has 0 amide bonds. The van der Waals surface area contributed by atoms with Crippen LogP contribution in [0, 0.1) is 21.4 Å². The molecule has 0 aliphatic heterocycles. The Hall–Kier alpha value is -3.18. The number of nitro groups is 1. The average Bonchev–Trinajstić information content (AvgIpc) is 2.97. The van der Waals surface area contributed by atoms with E-state index in [0.717, 1.165) is 11.0 Å². The number of hydrogen-bond acceptors (Lipinski definition) is 6. The predicted octanol–water partition coefficient (Wildman–Crippen LogP) is 3.56. The lowest BCUT2D eigenvalue weighted by atomic mass is 10.2. The molecule has 120 valence electrons. The van der Waals surface area contributed by atoms with Crippen molar-refractivity contribution in [2.24, 2.45) is 0 Å². The maximum atomic E-state index is 11.2. The number of anilines is 1. The van der Waals surface area contributed by atoms with Gasteiger partial charge in [0.25, 0.3) is 0 Å². The normalized spacial score (nSPS) is 11.9. The van der Waals surface area contributed by atoms with Crippen LogP contribution in [0.2, 0.25) is 5.02 Å². The number of nitrogens with one attached hydrogen (secondary N) is 2. The van der Waals surface area contributed by atoms with Crippen LogP contribution in [-0.2, 0) is 0 Å². The molecule has 0 fully saturated rings. The van der Waals surface area contributed by atoms with E-state index in [0.29, 0.717) is 10.8 Å². The first-order chi connectivity index (χ1) is 11.5. The zero-order chi connectivity index (χ0) is 17.3. The van der Waals surface area contributed by atoms with Crippen molar-refractivity contribution in [1.82, 2.24) is 15.0 Å². The van der Waals surface area contributed by atoms with Crippen molar-refractivity contribution >= 4 is 34.1 Å². The molecule has 8 nitrogen and oxygen atoms in total. The molecule has 3 aromatic rings. The number of halogens is 1. The molecule has 1 aromatic carbocycles. The molecule has 2 aromatic heterocycles. The van der Waals surface area contributed by atoms with E-state index in [4.69, 9.17) is 16.9 Å². The number of H-pyrrole nitrogens is 1. The van der Waals surface area contributed by atoms with Crippen molar-refractivity contribution in [3.05, 3.63) is 57.0 Å². The molecule has 0 aliphatic rings. The number of rotatable bonds is 4. The average molecular weight is 343 g/mol. The van der Waals surface area contributed by atoms with Crippen molar-refractivity contribution < 1.29 is 4.92 Å². The summed E-state index contributed by atoms with van der Waals surface area (Å²) in [5.41, 5.74) is 1.09. The van der Waals surface area contributed by atoms with E-state index >= 15 is 0 Å². The summed E-state index contributed by atoms with van der Waals surface area (Å²) in [5.74, 6) is 0.593. The molecule has 0 radical (unpaired) electrons.